The average Bonchev–Trinajstić information content (AvgIpc) is 2.70. The maximum Gasteiger partial charge on any atom is 0.230 e. The minimum Gasteiger partial charge on any atom is -0.309 e. The lowest BCUT2D eigenvalue weighted by Crippen LogP contribution is -2.16. The number of nitrogens with zero attached hydrogens (tertiary/aromatic N) is 3. The lowest BCUT2D eigenvalue weighted by atomic mass is 10.1. The van der Waals surface area contributed by atoms with Crippen LogP contribution in [0.1, 0.15) is 25.1 Å². The van der Waals surface area contributed by atoms with Crippen LogP contribution >= 0.6 is 0 Å². The van der Waals surface area contributed by atoms with E-state index in [1.54, 1.807) is 30.5 Å². The van der Waals surface area contributed by atoms with E-state index in [9.17, 15) is 9.70 Å². The molecule has 0 aliphatic heterocycles. The van der Waals surface area contributed by atoms with E-state index in [1.165, 1.54) is 0 Å². The minimum atomic E-state index is -0.155. The minimum absolute atomic E-state index is 0.155. The number of amides is 1. The van der Waals surface area contributed by atoms with E-state index in [-0.39, 0.29) is 12.3 Å². The molecular formula is C22H20N4O2. The zero-order chi connectivity index (χ0) is 19.9. The van der Waals surface area contributed by atoms with Crippen molar-refractivity contribution < 1.29 is 4.79 Å². The first-order chi connectivity index (χ1) is 13.5. The third-order valence-corrected chi connectivity index (χ3v) is 3.96. The summed E-state index contributed by atoms with van der Waals surface area (Å²) in [4.78, 5) is 32.0. The van der Waals surface area contributed by atoms with Crippen LogP contribution in [-0.4, -0.2) is 15.9 Å². The highest BCUT2D eigenvalue weighted by molar-refractivity contribution is 5.93. The molecule has 28 heavy (non-hydrogen) atoms. The third-order valence-electron chi connectivity index (χ3n) is 3.96. The zero-order valence-corrected chi connectivity index (χ0v) is 15.7. The molecule has 1 amide bonds. The number of hydrogen-bond acceptors (Lipinski definition) is 5. The zero-order valence-electron chi connectivity index (χ0n) is 15.7. The maximum atomic E-state index is 12.4. The number of carbonyl (C=O) groups is 1. The first kappa shape index (κ1) is 19.1. The second-order valence-corrected chi connectivity index (χ2v) is 6.56. The molecule has 0 aliphatic rings. The highest BCUT2D eigenvalue weighted by Gasteiger charge is 2.11. The van der Waals surface area contributed by atoms with Crippen LogP contribution in [0, 0.1) is 4.91 Å². The van der Waals surface area contributed by atoms with Gasteiger partial charge < -0.3 is 5.32 Å². The Morgan fingerprint density at radius 2 is 1.79 bits per heavy atom. The topological polar surface area (TPSA) is 84.3 Å². The van der Waals surface area contributed by atoms with Gasteiger partial charge in [-0.3, -0.25) is 4.79 Å². The molecule has 0 spiro atoms. The number of carbonyl (C=O) groups excluding carboxylic acids is 1. The Balaban J connectivity index is 1.87. The van der Waals surface area contributed by atoms with Crippen molar-refractivity contribution in [1.82, 2.24) is 9.97 Å². The van der Waals surface area contributed by atoms with Crippen molar-refractivity contribution in [3.8, 4) is 11.3 Å². The lowest BCUT2D eigenvalue weighted by molar-refractivity contribution is -0.115. The van der Waals surface area contributed by atoms with Gasteiger partial charge in [0.25, 0.3) is 0 Å². The Labute approximate surface area is 163 Å². The summed E-state index contributed by atoms with van der Waals surface area (Å²) in [5.74, 6) is 0.259. The van der Waals surface area contributed by atoms with Gasteiger partial charge in [-0.05, 0) is 42.8 Å². The van der Waals surface area contributed by atoms with Gasteiger partial charge in [-0.1, -0.05) is 48.0 Å². The summed E-state index contributed by atoms with van der Waals surface area (Å²) >= 11 is 0. The molecule has 0 aliphatic carbocycles. The van der Waals surface area contributed by atoms with E-state index in [4.69, 9.17) is 0 Å². The highest BCUT2D eigenvalue weighted by atomic mass is 16.3. The average molecular weight is 372 g/mol. The summed E-state index contributed by atoms with van der Waals surface area (Å²) < 4.78 is 0. The largest absolute Gasteiger partial charge is 0.309 e. The second kappa shape index (κ2) is 8.81. The first-order valence-corrected chi connectivity index (χ1v) is 8.84. The SMILES string of the molecule is CC(C)=Cc1nc(-c2ccc(N=O)cc2)cnc1NC(=O)Cc1ccccc1. The van der Waals surface area contributed by atoms with E-state index < -0.39 is 0 Å². The number of nitroso groups, excluding NO2 is 1. The molecule has 6 heteroatoms. The lowest BCUT2D eigenvalue weighted by Gasteiger charge is -2.10. The summed E-state index contributed by atoms with van der Waals surface area (Å²) in [6, 6.07) is 16.3. The Morgan fingerprint density at radius 3 is 2.43 bits per heavy atom. The predicted octanol–water partition coefficient (Wildman–Crippen LogP) is 5.15. The van der Waals surface area contributed by atoms with E-state index in [2.05, 4.69) is 20.5 Å². The van der Waals surface area contributed by atoms with Crippen molar-refractivity contribution in [2.45, 2.75) is 20.3 Å². The standard InChI is InChI=1S/C22H20N4O2/c1-15(2)12-19-22(25-21(27)13-16-6-4-3-5-7-16)23-14-20(24-19)17-8-10-18(26-28)11-9-17/h3-12,14H,13H2,1-2H3,(H,23,25,27). The summed E-state index contributed by atoms with van der Waals surface area (Å²) in [5, 5.41) is 5.75. The molecular weight excluding hydrogens is 352 g/mol. The van der Waals surface area contributed by atoms with Gasteiger partial charge in [0.15, 0.2) is 5.82 Å². The predicted molar refractivity (Wildman–Crippen MR) is 111 cm³/mol. The molecule has 1 N–H and O–H groups in total. The molecule has 0 bridgehead atoms. The fourth-order valence-corrected chi connectivity index (χ4v) is 2.66. The number of hydrogen-bond donors (Lipinski definition) is 1. The van der Waals surface area contributed by atoms with Gasteiger partial charge in [-0.25, -0.2) is 9.97 Å². The van der Waals surface area contributed by atoms with Crippen molar-refractivity contribution in [2.75, 3.05) is 5.32 Å². The van der Waals surface area contributed by atoms with Crippen LogP contribution in [0.5, 0.6) is 0 Å². The van der Waals surface area contributed by atoms with Crippen LogP contribution in [0.25, 0.3) is 17.3 Å². The molecule has 2 aromatic carbocycles. The first-order valence-electron chi connectivity index (χ1n) is 8.84. The van der Waals surface area contributed by atoms with Crippen molar-refractivity contribution in [2.24, 2.45) is 5.18 Å². The molecule has 0 unspecified atom stereocenters. The van der Waals surface area contributed by atoms with Crippen LogP contribution in [0.15, 0.2) is 71.5 Å². The summed E-state index contributed by atoms with van der Waals surface area (Å²) in [7, 11) is 0. The fourth-order valence-electron chi connectivity index (χ4n) is 2.66. The normalized spacial score (nSPS) is 10.2. The summed E-state index contributed by atoms with van der Waals surface area (Å²) in [5.41, 5.74) is 4.35. The van der Waals surface area contributed by atoms with Gasteiger partial charge in [-0.15, -0.1) is 4.91 Å². The molecule has 0 saturated carbocycles. The number of anilines is 1. The molecule has 1 heterocycles. The number of benzene rings is 2. The molecule has 0 saturated heterocycles. The van der Waals surface area contributed by atoms with E-state index in [0.717, 1.165) is 16.7 Å². The van der Waals surface area contributed by atoms with Crippen LogP contribution in [-0.2, 0) is 11.2 Å². The molecule has 0 atom stereocenters. The van der Waals surface area contributed by atoms with Crippen molar-refractivity contribution in [1.29, 1.82) is 0 Å². The van der Waals surface area contributed by atoms with Gasteiger partial charge in [-0.2, -0.15) is 0 Å². The smallest absolute Gasteiger partial charge is 0.230 e. The van der Waals surface area contributed by atoms with Crippen molar-refractivity contribution >= 4 is 23.5 Å². The van der Waals surface area contributed by atoms with Crippen molar-refractivity contribution in [3.05, 3.63) is 82.5 Å². The van der Waals surface area contributed by atoms with Gasteiger partial charge in [0.2, 0.25) is 5.91 Å². The van der Waals surface area contributed by atoms with Gasteiger partial charge in [0.05, 0.1) is 18.3 Å². The monoisotopic (exact) mass is 372 g/mol. The van der Waals surface area contributed by atoms with Crippen LogP contribution in [0.4, 0.5) is 11.5 Å². The van der Waals surface area contributed by atoms with Crippen LogP contribution in [0.2, 0.25) is 0 Å². The number of allylic oxidation sites excluding steroid dienone is 1. The highest BCUT2D eigenvalue weighted by Crippen LogP contribution is 2.23. The van der Waals surface area contributed by atoms with E-state index in [1.807, 2.05) is 50.3 Å². The third kappa shape index (κ3) is 4.94. The number of nitrogens with one attached hydrogen (secondary N) is 1. The van der Waals surface area contributed by atoms with Gasteiger partial charge >= 0.3 is 0 Å². The quantitative estimate of drug-likeness (QED) is 0.607. The molecule has 3 aromatic rings. The van der Waals surface area contributed by atoms with E-state index in [0.29, 0.717) is 22.9 Å². The molecule has 3 rings (SSSR count). The number of rotatable bonds is 6. The van der Waals surface area contributed by atoms with Crippen LogP contribution in [0.3, 0.4) is 0 Å². The van der Waals surface area contributed by atoms with Crippen molar-refractivity contribution in [3.63, 3.8) is 0 Å². The Morgan fingerprint density at radius 1 is 1.07 bits per heavy atom. The summed E-state index contributed by atoms with van der Waals surface area (Å²) in [6.07, 6.45) is 3.73. The molecule has 0 radical (unpaired) electrons. The number of aromatic nitrogens is 2. The van der Waals surface area contributed by atoms with Gasteiger partial charge in [0.1, 0.15) is 11.4 Å². The molecule has 1 aromatic heterocycles. The van der Waals surface area contributed by atoms with Gasteiger partial charge in [0, 0.05) is 5.56 Å². The molecule has 140 valence electrons. The maximum absolute atomic E-state index is 12.4. The summed E-state index contributed by atoms with van der Waals surface area (Å²) in [6.45, 7) is 3.91. The second-order valence-electron chi connectivity index (χ2n) is 6.56. The Hall–Kier alpha value is -3.67. The Kier molecular flexibility index (Phi) is 6.01. The fraction of sp³-hybridized carbons (Fsp3) is 0.136. The Bertz CT molecular complexity index is 1010. The molecule has 0 fully saturated rings. The molecule has 6 nitrogen and oxygen atoms in total. The van der Waals surface area contributed by atoms with Crippen LogP contribution < -0.4 is 5.32 Å². The van der Waals surface area contributed by atoms with E-state index >= 15 is 0 Å².